The summed E-state index contributed by atoms with van der Waals surface area (Å²) >= 11 is 11.6. The Bertz CT molecular complexity index is 2440. The topological polar surface area (TPSA) is 158 Å². The average molecular weight is 864 g/mol. The van der Waals surface area contributed by atoms with E-state index in [1.54, 1.807) is 6.07 Å². The average Bonchev–Trinajstić information content (AvgIpc) is 3.75. The standard InChI is InChI=1S/C18H11ClN2O2.C13H10.C6H3ClFNO2.C3H6O.CH2O3.2K.H/c19-15-11-12(21(22)23)9-10-18(15)20-16-7-3-1-5-13(16)14-6-2-4-8-17(14)20;1-3-7-12-10(5-1)9-11-6-2-4-8-13(11)12;7-5-3-4(9(10)11)1-2-6(5)8;1-3(2)4;2-1-4-3;;;/h1-11H;1-8H,9H2;1-3H;1-2H3;1,3H;;;/q;;;;;2*+1;-1/p-1/i;;;1D;;;;. The van der Waals surface area contributed by atoms with Crippen LogP contribution in [0.4, 0.5) is 15.8 Å². The van der Waals surface area contributed by atoms with Crippen molar-refractivity contribution in [3.05, 3.63) is 181 Å². The predicted molar refractivity (Wildman–Crippen MR) is 210 cm³/mol. The molecule has 0 spiro atoms. The number of non-ortho nitro benzene ring substituents is 2. The Balaban J connectivity index is 0.000000415. The van der Waals surface area contributed by atoms with Gasteiger partial charge in [0.1, 0.15) is 11.6 Å². The molecule has 57 heavy (non-hydrogen) atoms. The zero-order chi connectivity index (χ0) is 40.8. The number of para-hydroxylation sites is 2. The fourth-order valence-electron chi connectivity index (χ4n) is 5.65. The van der Waals surface area contributed by atoms with Crippen LogP contribution in [0.25, 0.3) is 38.6 Å². The van der Waals surface area contributed by atoms with Crippen molar-refractivity contribution in [1.29, 1.82) is 0 Å². The fraction of sp³-hybridized carbons (Fsp3) is 0.0732. The van der Waals surface area contributed by atoms with Crippen molar-refractivity contribution >= 4 is 68.6 Å². The number of Topliss-reactive ketones (excluding diaryl/α,β-unsaturated/α-hetero) is 1. The quantitative estimate of drug-likeness (QED) is 0.0841. The first-order chi connectivity index (χ1) is 26.9. The Morgan fingerprint density at radius 3 is 1.56 bits per heavy atom. The van der Waals surface area contributed by atoms with Crippen molar-refractivity contribution in [2.24, 2.45) is 0 Å². The summed E-state index contributed by atoms with van der Waals surface area (Å²) in [5, 5.41) is 31.8. The maximum absolute atomic E-state index is 12.4. The van der Waals surface area contributed by atoms with E-state index in [4.69, 9.17) is 34.6 Å². The number of ketones is 1. The van der Waals surface area contributed by atoms with Crippen molar-refractivity contribution in [3.63, 3.8) is 0 Å². The Kier molecular flexibility index (Phi) is 20.8. The molecular weight excluding hydrogens is 831 g/mol. The van der Waals surface area contributed by atoms with Gasteiger partial charge in [-0.2, -0.15) is 0 Å². The minimum Gasteiger partial charge on any atom is -1.00 e. The largest absolute Gasteiger partial charge is 1.00 e. The SMILES string of the molecule is O=CO[O-].O=[N+]([O-])c1ccc(-n2c3ccccc3c3ccccc32)c(Cl)c1.O=[N+]([O-])c1ccc(F)c(Cl)c1.[2H]CC(C)=O.[H-].[K+].[K+].c1ccc2c(c1)Cc1ccccc1-2. The van der Waals surface area contributed by atoms with Gasteiger partial charge in [-0.15, -0.1) is 0 Å². The maximum Gasteiger partial charge on any atom is 1.00 e. The molecule has 6 aromatic carbocycles. The molecule has 0 aliphatic heterocycles. The van der Waals surface area contributed by atoms with Crippen LogP contribution in [0, 0.1) is 26.0 Å². The van der Waals surface area contributed by atoms with Gasteiger partial charge < -0.3 is 20.9 Å². The Hall–Kier alpha value is -3.20. The van der Waals surface area contributed by atoms with Crippen LogP contribution in [0.1, 0.15) is 27.7 Å². The number of aromatic nitrogens is 1. The van der Waals surface area contributed by atoms with Gasteiger partial charge in [0.15, 0.2) is 0 Å². The van der Waals surface area contributed by atoms with Crippen molar-refractivity contribution < 1.29 is 140 Å². The second-order valence-electron chi connectivity index (χ2n) is 11.5. The van der Waals surface area contributed by atoms with Crippen molar-refractivity contribution in [2.75, 3.05) is 0 Å². The van der Waals surface area contributed by atoms with Gasteiger partial charge in [0.25, 0.3) is 17.8 Å². The summed E-state index contributed by atoms with van der Waals surface area (Å²) in [7, 11) is 0. The van der Waals surface area contributed by atoms with Crippen LogP contribution in [-0.2, 0) is 20.9 Å². The number of fused-ring (bicyclic) bond motifs is 6. The molecule has 1 aromatic heterocycles. The van der Waals surface area contributed by atoms with E-state index in [0.717, 1.165) is 52.1 Å². The number of nitrogens with zero attached hydrogens (tertiary/aromatic N) is 3. The zero-order valence-corrected chi connectivity index (χ0v) is 38.7. The normalized spacial score (nSPS) is 10.2. The van der Waals surface area contributed by atoms with Crippen LogP contribution in [0.3, 0.4) is 0 Å². The third-order valence-electron chi connectivity index (χ3n) is 7.82. The number of halogens is 3. The van der Waals surface area contributed by atoms with E-state index in [2.05, 4.69) is 65.6 Å². The third-order valence-corrected chi connectivity index (χ3v) is 8.41. The molecule has 0 saturated carbocycles. The molecule has 11 nitrogen and oxygen atoms in total. The van der Waals surface area contributed by atoms with Crippen LogP contribution in [-0.4, -0.2) is 26.7 Å². The van der Waals surface area contributed by atoms with Gasteiger partial charge in [0.05, 0.1) is 36.6 Å². The van der Waals surface area contributed by atoms with Gasteiger partial charge in [0, 0.05) is 36.4 Å². The van der Waals surface area contributed by atoms with Gasteiger partial charge in [-0.25, -0.2) is 4.39 Å². The molecule has 0 amide bonds. The Morgan fingerprint density at radius 1 is 0.754 bits per heavy atom. The molecule has 0 saturated heterocycles. The van der Waals surface area contributed by atoms with E-state index in [1.165, 1.54) is 41.3 Å². The van der Waals surface area contributed by atoms with Gasteiger partial charge in [-0.05, 0) is 66.8 Å². The number of hydrogen-bond acceptors (Lipinski definition) is 8. The summed E-state index contributed by atoms with van der Waals surface area (Å²) < 4.78 is 20.8. The number of hydrogen-bond donors (Lipinski definition) is 0. The molecule has 0 fully saturated rings. The molecule has 0 bridgehead atoms. The first-order valence-corrected chi connectivity index (χ1v) is 16.9. The van der Waals surface area contributed by atoms with Crippen molar-refractivity contribution in [1.82, 2.24) is 4.57 Å². The summed E-state index contributed by atoms with van der Waals surface area (Å²) in [6.45, 7) is 1.13. The Morgan fingerprint density at radius 2 is 1.16 bits per heavy atom. The van der Waals surface area contributed by atoms with Crippen molar-refractivity contribution in [3.8, 4) is 16.8 Å². The molecule has 0 N–H and O–H groups in total. The number of nitro groups is 2. The molecule has 16 heteroatoms. The molecule has 8 rings (SSSR count). The molecule has 0 atom stereocenters. The van der Waals surface area contributed by atoms with Gasteiger partial charge in [-0.1, -0.05) is 108 Å². The Labute approximate surface area is 424 Å². The van der Waals surface area contributed by atoms with Crippen LogP contribution < -0.4 is 108 Å². The van der Waals surface area contributed by atoms with E-state index in [1.807, 2.05) is 41.0 Å². The molecule has 0 unspecified atom stereocenters. The van der Waals surface area contributed by atoms with E-state index >= 15 is 0 Å². The van der Waals surface area contributed by atoms with E-state index in [0.29, 0.717) is 5.02 Å². The summed E-state index contributed by atoms with van der Waals surface area (Å²) in [5.41, 5.74) is 8.29. The number of nitro benzene ring substituents is 2. The van der Waals surface area contributed by atoms with Crippen molar-refractivity contribution in [2.45, 2.75) is 20.2 Å². The van der Waals surface area contributed by atoms with Crippen LogP contribution in [0.15, 0.2) is 133 Å². The number of carbonyl (C=O) groups is 2. The maximum atomic E-state index is 12.4. The predicted octanol–water partition coefficient (Wildman–Crippen LogP) is 4.14. The van der Waals surface area contributed by atoms with E-state index in [9.17, 15) is 29.4 Å². The van der Waals surface area contributed by atoms with E-state index < -0.39 is 15.7 Å². The fourth-order valence-corrected chi connectivity index (χ4v) is 6.09. The summed E-state index contributed by atoms with van der Waals surface area (Å²) in [6.07, 6.45) is 1.10. The summed E-state index contributed by atoms with van der Waals surface area (Å²) in [6, 6.07) is 41.0. The molecule has 282 valence electrons. The molecule has 1 aliphatic carbocycles. The monoisotopic (exact) mass is 862 g/mol. The van der Waals surface area contributed by atoms with Gasteiger partial charge >= 0.3 is 103 Å². The van der Waals surface area contributed by atoms with Crippen LogP contribution >= 0.6 is 23.2 Å². The zero-order valence-electron chi connectivity index (χ0n) is 32.9. The van der Waals surface area contributed by atoms with Crippen LogP contribution in [0.2, 0.25) is 10.0 Å². The van der Waals surface area contributed by atoms with Gasteiger partial charge in [-0.3, -0.25) is 25.0 Å². The molecule has 1 heterocycles. The molecule has 1 aliphatic rings. The number of benzene rings is 6. The summed E-state index contributed by atoms with van der Waals surface area (Å²) in [4.78, 5) is 40.8. The minimum absolute atomic E-state index is 0. The third kappa shape index (κ3) is 13.7. The second-order valence-corrected chi connectivity index (χ2v) is 12.3. The number of rotatable bonds is 4. The molecular formula is C41H32Cl2FK2N3O8. The first kappa shape index (κ1) is 48.2. The summed E-state index contributed by atoms with van der Waals surface area (Å²) in [5.74, 6) is -0.734. The van der Waals surface area contributed by atoms with Crippen LogP contribution in [0.5, 0.6) is 0 Å². The second kappa shape index (κ2) is 24.7. The number of carbonyl (C=O) groups excluding carboxylic acids is 2. The first-order valence-electron chi connectivity index (χ1n) is 16.8. The van der Waals surface area contributed by atoms with Gasteiger partial charge in [0.2, 0.25) is 0 Å². The molecule has 7 aromatic rings. The molecule has 0 radical (unpaired) electrons. The minimum atomic E-state index is -0.655. The van der Waals surface area contributed by atoms with E-state index in [-0.39, 0.29) is 140 Å². The smallest absolute Gasteiger partial charge is 1.00 e.